The standard InChI is InChI=1S/C18H13N5O7S/c1-10-17(31-16-5-3-13(4-6-16)21(25)26)11(2)20(19-10)18(24)12-7-14(22(27)28)9-15(8-12)23(29)30/h3-9H,1-2H3. The molecule has 0 N–H and O–H groups in total. The Morgan fingerprint density at radius 3 is 1.87 bits per heavy atom. The van der Waals surface area contributed by atoms with E-state index in [2.05, 4.69) is 5.10 Å². The Hall–Kier alpha value is -4.13. The smallest absolute Gasteiger partial charge is 0.267 e. The first-order valence-electron chi connectivity index (χ1n) is 8.55. The molecule has 0 amide bonds. The van der Waals surface area contributed by atoms with E-state index in [0.29, 0.717) is 21.2 Å². The van der Waals surface area contributed by atoms with E-state index in [4.69, 9.17) is 0 Å². The number of non-ortho nitro benzene ring substituents is 3. The van der Waals surface area contributed by atoms with Crippen molar-refractivity contribution in [3.8, 4) is 0 Å². The Bertz CT molecular complexity index is 1200. The highest BCUT2D eigenvalue weighted by molar-refractivity contribution is 7.99. The number of hydrogen-bond acceptors (Lipinski definition) is 9. The molecule has 3 rings (SSSR count). The van der Waals surface area contributed by atoms with Crippen molar-refractivity contribution in [2.75, 3.05) is 0 Å². The van der Waals surface area contributed by atoms with Gasteiger partial charge in [-0.05, 0) is 26.0 Å². The Balaban J connectivity index is 1.98. The fourth-order valence-electron chi connectivity index (χ4n) is 2.78. The number of aryl methyl sites for hydroxylation is 1. The third kappa shape index (κ3) is 4.40. The Morgan fingerprint density at radius 1 is 0.871 bits per heavy atom. The van der Waals surface area contributed by atoms with Crippen molar-refractivity contribution in [1.29, 1.82) is 0 Å². The fourth-order valence-corrected chi connectivity index (χ4v) is 3.71. The third-order valence-electron chi connectivity index (χ3n) is 4.26. The third-order valence-corrected chi connectivity index (χ3v) is 5.56. The second-order valence-corrected chi connectivity index (χ2v) is 7.41. The topological polar surface area (TPSA) is 164 Å². The number of carbonyl (C=O) groups is 1. The highest BCUT2D eigenvalue weighted by atomic mass is 32.2. The highest BCUT2D eigenvalue weighted by Gasteiger charge is 2.24. The van der Waals surface area contributed by atoms with Crippen LogP contribution in [0.25, 0.3) is 0 Å². The molecule has 0 aliphatic carbocycles. The fraction of sp³-hybridized carbons (Fsp3) is 0.111. The van der Waals surface area contributed by atoms with E-state index in [-0.39, 0.29) is 11.3 Å². The van der Waals surface area contributed by atoms with Gasteiger partial charge in [0.1, 0.15) is 0 Å². The van der Waals surface area contributed by atoms with Gasteiger partial charge in [-0.25, -0.2) is 0 Å². The maximum Gasteiger partial charge on any atom is 0.278 e. The molecule has 0 aliphatic heterocycles. The van der Waals surface area contributed by atoms with E-state index < -0.39 is 32.1 Å². The minimum absolute atomic E-state index is 0.0593. The zero-order chi connectivity index (χ0) is 22.9. The highest BCUT2D eigenvalue weighted by Crippen LogP contribution is 2.34. The van der Waals surface area contributed by atoms with Gasteiger partial charge in [0.05, 0.1) is 42.7 Å². The molecule has 0 fully saturated rings. The summed E-state index contributed by atoms with van der Waals surface area (Å²) in [5.41, 5.74) is -0.581. The van der Waals surface area contributed by atoms with Crippen LogP contribution in [0.3, 0.4) is 0 Å². The van der Waals surface area contributed by atoms with Crippen molar-refractivity contribution in [1.82, 2.24) is 9.78 Å². The first-order chi connectivity index (χ1) is 14.6. The number of hydrogen-bond donors (Lipinski definition) is 0. The summed E-state index contributed by atoms with van der Waals surface area (Å²) in [5.74, 6) is -0.761. The summed E-state index contributed by atoms with van der Waals surface area (Å²) < 4.78 is 1.02. The van der Waals surface area contributed by atoms with Gasteiger partial charge in [-0.2, -0.15) is 9.78 Å². The summed E-state index contributed by atoms with van der Waals surface area (Å²) in [5, 5.41) is 37.1. The number of rotatable bonds is 6. The van der Waals surface area contributed by atoms with Crippen LogP contribution in [0.1, 0.15) is 21.7 Å². The van der Waals surface area contributed by atoms with Crippen LogP contribution < -0.4 is 0 Å². The van der Waals surface area contributed by atoms with Crippen LogP contribution in [0, 0.1) is 44.2 Å². The van der Waals surface area contributed by atoms with Crippen LogP contribution in [-0.4, -0.2) is 30.5 Å². The maximum atomic E-state index is 12.9. The van der Waals surface area contributed by atoms with E-state index in [1.54, 1.807) is 26.0 Å². The lowest BCUT2D eigenvalue weighted by molar-refractivity contribution is -0.394. The minimum Gasteiger partial charge on any atom is -0.267 e. The normalized spacial score (nSPS) is 10.6. The summed E-state index contributed by atoms with van der Waals surface area (Å²) >= 11 is 1.24. The number of aromatic nitrogens is 2. The second kappa shape index (κ2) is 8.31. The molecule has 2 aromatic carbocycles. The van der Waals surface area contributed by atoms with Gasteiger partial charge in [0.2, 0.25) is 0 Å². The molecule has 0 unspecified atom stereocenters. The number of carbonyl (C=O) groups excluding carboxylic acids is 1. The summed E-state index contributed by atoms with van der Waals surface area (Å²) in [6, 6.07) is 8.50. The van der Waals surface area contributed by atoms with Crippen molar-refractivity contribution in [3.63, 3.8) is 0 Å². The van der Waals surface area contributed by atoms with Gasteiger partial charge in [-0.1, -0.05) is 11.8 Å². The molecule has 158 valence electrons. The van der Waals surface area contributed by atoms with E-state index in [1.165, 1.54) is 23.9 Å². The number of benzene rings is 2. The van der Waals surface area contributed by atoms with Gasteiger partial charge < -0.3 is 0 Å². The van der Waals surface area contributed by atoms with Crippen LogP contribution in [0.4, 0.5) is 17.1 Å². The van der Waals surface area contributed by atoms with Gasteiger partial charge >= 0.3 is 0 Å². The number of nitro benzene ring substituents is 3. The number of nitro groups is 3. The molecule has 0 bridgehead atoms. The molecular formula is C18H13N5O7S. The molecule has 1 heterocycles. The van der Waals surface area contributed by atoms with Crippen molar-refractivity contribution in [2.24, 2.45) is 0 Å². The average molecular weight is 443 g/mol. The van der Waals surface area contributed by atoms with Gasteiger partial charge in [-0.3, -0.25) is 35.1 Å². The summed E-state index contributed by atoms with van der Waals surface area (Å²) in [7, 11) is 0. The predicted octanol–water partition coefficient (Wildman–Crippen LogP) is 4.06. The second-order valence-electron chi connectivity index (χ2n) is 6.32. The van der Waals surface area contributed by atoms with Gasteiger partial charge in [-0.15, -0.1) is 0 Å². The zero-order valence-electron chi connectivity index (χ0n) is 16.0. The van der Waals surface area contributed by atoms with Crippen LogP contribution in [0.2, 0.25) is 0 Å². The average Bonchev–Trinajstić information content (AvgIpc) is 3.01. The van der Waals surface area contributed by atoms with Crippen LogP contribution in [0.5, 0.6) is 0 Å². The van der Waals surface area contributed by atoms with E-state index in [1.807, 2.05) is 0 Å². The molecule has 0 atom stereocenters. The summed E-state index contributed by atoms with van der Waals surface area (Å²) in [4.78, 5) is 45.0. The molecule has 31 heavy (non-hydrogen) atoms. The maximum absolute atomic E-state index is 12.9. The summed E-state index contributed by atoms with van der Waals surface area (Å²) in [6.07, 6.45) is 0. The largest absolute Gasteiger partial charge is 0.278 e. The minimum atomic E-state index is -0.819. The first-order valence-corrected chi connectivity index (χ1v) is 9.37. The molecule has 0 aliphatic rings. The van der Waals surface area contributed by atoms with Crippen LogP contribution in [-0.2, 0) is 0 Å². The SMILES string of the molecule is Cc1nn(C(=O)c2cc([N+](=O)[O-])cc([N+](=O)[O-])c2)c(C)c1Sc1ccc([N+](=O)[O-])cc1. The monoisotopic (exact) mass is 443 g/mol. The molecule has 12 nitrogen and oxygen atoms in total. The van der Waals surface area contributed by atoms with E-state index in [0.717, 1.165) is 22.9 Å². The van der Waals surface area contributed by atoms with Crippen LogP contribution in [0.15, 0.2) is 52.3 Å². The van der Waals surface area contributed by atoms with E-state index >= 15 is 0 Å². The molecule has 0 saturated heterocycles. The molecule has 0 saturated carbocycles. The Morgan fingerprint density at radius 2 is 1.39 bits per heavy atom. The van der Waals surface area contributed by atoms with Crippen molar-refractivity contribution >= 4 is 34.7 Å². The molecule has 1 aromatic heterocycles. The Labute approximate surface area is 177 Å². The lowest BCUT2D eigenvalue weighted by atomic mass is 10.1. The van der Waals surface area contributed by atoms with Crippen molar-refractivity contribution < 1.29 is 19.6 Å². The lowest BCUT2D eigenvalue weighted by Gasteiger charge is -2.05. The molecule has 3 aromatic rings. The van der Waals surface area contributed by atoms with Crippen molar-refractivity contribution in [3.05, 3.63) is 89.8 Å². The van der Waals surface area contributed by atoms with Gasteiger partial charge in [0.25, 0.3) is 23.0 Å². The molecular weight excluding hydrogens is 430 g/mol. The lowest BCUT2D eigenvalue weighted by Crippen LogP contribution is -2.16. The first kappa shape index (κ1) is 21.6. The number of nitrogens with zero attached hydrogens (tertiary/aromatic N) is 5. The zero-order valence-corrected chi connectivity index (χ0v) is 16.9. The van der Waals surface area contributed by atoms with Crippen molar-refractivity contribution in [2.45, 2.75) is 23.6 Å². The summed E-state index contributed by atoms with van der Waals surface area (Å²) in [6.45, 7) is 3.26. The molecule has 0 spiro atoms. The van der Waals surface area contributed by atoms with Gasteiger partial charge in [0.15, 0.2) is 0 Å². The Kier molecular flexibility index (Phi) is 5.79. The van der Waals surface area contributed by atoms with E-state index in [9.17, 15) is 35.1 Å². The molecule has 13 heteroatoms. The molecule has 0 radical (unpaired) electrons. The van der Waals surface area contributed by atoms with Crippen LogP contribution >= 0.6 is 11.8 Å². The predicted molar refractivity (Wildman–Crippen MR) is 108 cm³/mol. The quantitative estimate of drug-likeness (QED) is 0.403. The van der Waals surface area contributed by atoms with Gasteiger partial charge in [0, 0.05) is 29.2 Å².